The third-order valence-electron chi connectivity index (χ3n) is 3.86. The summed E-state index contributed by atoms with van der Waals surface area (Å²) in [5.74, 6) is -0.305. The molecule has 2 aromatic rings. The number of rotatable bonds is 7. The van der Waals surface area contributed by atoms with Crippen LogP contribution in [-0.4, -0.2) is 51.6 Å². The Kier molecular flexibility index (Phi) is 6.33. The van der Waals surface area contributed by atoms with Crippen molar-refractivity contribution in [2.24, 2.45) is 0 Å². The van der Waals surface area contributed by atoms with Gasteiger partial charge in [-0.05, 0) is 36.8 Å². The number of halogens is 1. The molecule has 7 nitrogen and oxygen atoms in total. The summed E-state index contributed by atoms with van der Waals surface area (Å²) >= 11 is 6.10. The van der Waals surface area contributed by atoms with Crippen LogP contribution in [0.4, 0.5) is 11.5 Å². The normalized spacial score (nSPS) is 11.2. The Hall–Kier alpha value is -2.19. The van der Waals surface area contributed by atoms with Gasteiger partial charge in [-0.15, -0.1) is 0 Å². The van der Waals surface area contributed by atoms with Crippen LogP contribution in [-0.2, 0) is 0 Å². The van der Waals surface area contributed by atoms with Crippen molar-refractivity contribution in [3.05, 3.63) is 52.7 Å². The Balaban J connectivity index is 2.31. The van der Waals surface area contributed by atoms with Gasteiger partial charge in [0, 0.05) is 16.9 Å². The van der Waals surface area contributed by atoms with Crippen molar-refractivity contribution in [1.29, 1.82) is 0 Å². The Labute approximate surface area is 150 Å². The molecule has 0 aliphatic carbocycles. The van der Waals surface area contributed by atoms with Crippen molar-refractivity contribution in [3.63, 3.8) is 0 Å². The third kappa shape index (κ3) is 4.26. The molecule has 0 saturated heterocycles. The quantitative estimate of drug-likeness (QED) is 0.504. The molecule has 0 fully saturated rings. The first kappa shape index (κ1) is 19.1. The van der Waals surface area contributed by atoms with Gasteiger partial charge in [-0.1, -0.05) is 17.7 Å². The molecule has 0 bridgehead atoms. The number of aliphatic hydroxyl groups is 3. The molecule has 5 N–H and O–H groups in total. The van der Waals surface area contributed by atoms with E-state index >= 15 is 0 Å². The number of aromatic nitrogens is 1. The number of nitrogens with one attached hydrogen (secondary N) is 2. The monoisotopic (exact) mass is 365 g/mol. The molecular formula is C17H20ClN3O4. The zero-order valence-electron chi connectivity index (χ0n) is 13.7. The van der Waals surface area contributed by atoms with E-state index in [-0.39, 0.29) is 11.4 Å². The second-order valence-electron chi connectivity index (χ2n) is 5.65. The number of nitrogens with zero attached hydrogens (tertiary/aromatic N) is 1. The first-order chi connectivity index (χ1) is 12.0. The van der Waals surface area contributed by atoms with Gasteiger partial charge in [-0.2, -0.15) is 0 Å². The van der Waals surface area contributed by atoms with Gasteiger partial charge in [0.15, 0.2) is 0 Å². The minimum atomic E-state index is -1.52. The molecule has 1 aromatic carbocycles. The highest BCUT2D eigenvalue weighted by molar-refractivity contribution is 6.31. The molecule has 1 amide bonds. The van der Waals surface area contributed by atoms with Gasteiger partial charge in [-0.3, -0.25) is 4.79 Å². The van der Waals surface area contributed by atoms with E-state index in [1.165, 1.54) is 6.20 Å². The zero-order chi connectivity index (χ0) is 18.4. The van der Waals surface area contributed by atoms with E-state index in [0.717, 1.165) is 5.56 Å². The maximum Gasteiger partial charge on any atom is 0.255 e. The predicted octanol–water partition coefficient (Wildman–Crippen LogP) is 1.23. The molecule has 134 valence electrons. The Morgan fingerprint density at radius 2 is 1.84 bits per heavy atom. The second kappa shape index (κ2) is 8.26. The lowest BCUT2D eigenvalue weighted by molar-refractivity contribution is 0.0375. The molecule has 1 heterocycles. The van der Waals surface area contributed by atoms with E-state index < -0.39 is 31.3 Å². The zero-order valence-corrected chi connectivity index (χ0v) is 14.4. The van der Waals surface area contributed by atoms with Gasteiger partial charge in [0.2, 0.25) is 0 Å². The number of aliphatic hydroxyl groups excluding tert-OH is 3. The topological polar surface area (TPSA) is 115 Å². The summed E-state index contributed by atoms with van der Waals surface area (Å²) in [5.41, 5.74) is 0.173. The smallest absolute Gasteiger partial charge is 0.255 e. The number of anilines is 2. The summed E-state index contributed by atoms with van der Waals surface area (Å²) in [6, 6.07) is 8.46. The van der Waals surface area contributed by atoms with Gasteiger partial charge < -0.3 is 26.0 Å². The van der Waals surface area contributed by atoms with Crippen molar-refractivity contribution < 1.29 is 20.1 Å². The lowest BCUT2D eigenvalue weighted by Gasteiger charge is -2.29. The van der Waals surface area contributed by atoms with E-state index in [0.29, 0.717) is 10.7 Å². The molecule has 0 atom stereocenters. The fourth-order valence-electron chi connectivity index (χ4n) is 2.14. The summed E-state index contributed by atoms with van der Waals surface area (Å²) in [4.78, 5) is 16.7. The fourth-order valence-corrected chi connectivity index (χ4v) is 2.31. The highest BCUT2D eigenvalue weighted by Gasteiger charge is 2.31. The van der Waals surface area contributed by atoms with Gasteiger partial charge in [0.05, 0.1) is 25.4 Å². The van der Waals surface area contributed by atoms with Crippen LogP contribution < -0.4 is 10.6 Å². The van der Waals surface area contributed by atoms with E-state index in [1.54, 1.807) is 30.3 Å². The molecule has 8 heteroatoms. The third-order valence-corrected chi connectivity index (χ3v) is 4.27. The van der Waals surface area contributed by atoms with E-state index in [4.69, 9.17) is 11.6 Å². The van der Waals surface area contributed by atoms with Crippen molar-refractivity contribution in [2.75, 3.05) is 25.1 Å². The molecule has 0 unspecified atom stereocenters. The standard InChI is InChI=1S/C17H20ClN3O4/c1-11-13(18)5-2-6-14(11)20-15-12(4-3-7-19-15)16(25)21-17(8-22,9-23)10-24/h2-7,22-24H,8-10H2,1H3,(H,19,20)(H,21,25). The molecular weight excluding hydrogens is 346 g/mol. The molecule has 0 aliphatic rings. The second-order valence-corrected chi connectivity index (χ2v) is 6.05. The number of pyridine rings is 1. The maximum absolute atomic E-state index is 12.5. The largest absolute Gasteiger partial charge is 0.394 e. The molecule has 1 aromatic heterocycles. The van der Waals surface area contributed by atoms with Crippen LogP contribution in [0.15, 0.2) is 36.5 Å². The lowest BCUT2D eigenvalue weighted by Crippen LogP contribution is -2.57. The average Bonchev–Trinajstić information content (AvgIpc) is 2.64. The first-order valence-corrected chi connectivity index (χ1v) is 7.96. The number of amides is 1. The van der Waals surface area contributed by atoms with Gasteiger partial charge in [0.1, 0.15) is 11.4 Å². The summed E-state index contributed by atoms with van der Waals surface area (Å²) in [5, 5.41) is 34.2. The molecule has 0 spiro atoms. The summed E-state index contributed by atoms with van der Waals surface area (Å²) in [6.45, 7) is 0.00809. The van der Waals surface area contributed by atoms with Crippen LogP contribution in [0.1, 0.15) is 15.9 Å². The average molecular weight is 366 g/mol. The molecule has 0 aliphatic heterocycles. The Morgan fingerprint density at radius 1 is 1.16 bits per heavy atom. The Morgan fingerprint density at radius 3 is 2.48 bits per heavy atom. The van der Waals surface area contributed by atoms with Crippen LogP contribution >= 0.6 is 11.6 Å². The van der Waals surface area contributed by atoms with Crippen LogP contribution in [0, 0.1) is 6.92 Å². The van der Waals surface area contributed by atoms with Gasteiger partial charge in [-0.25, -0.2) is 4.98 Å². The van der Waals surface area contributed by atoms with Gasteiger partial charge in [0.25, 0.3) is 5.91 Å². The number of carbonyl (C=O) groups is 1. The van der Waals surface area contributed by atoms with Crippen LogP contribution in [0.2, 0.25) is 5.02 Å². The fraction of sp³-hybridized carbons (Fsp3) is 0.294. The number of hydrogen-bond acceptors (Lipinski definition) is 6. The van der Waals surface area contributed by atoms with Crippen molar-refractivity contribution >= 4 is 29.0 Å². The number of hydrogen-bond donors (Lipinski definition) is 5. The Bertz CT molecular complexity index is 742. The molecule has 0 saturated carbocycles. The first-order valence-electron chi connectivity index (χ1n) is 7.58. The molecule has 25 heavy (non-hydrogen) atoms. The van der Waals surface area contributed by atoms with Crippen LogP contribution in [0.3, 0.4) is 0 Å². The molecule has 2 rings (SSSR count). The summed E-state index contributed by atoms with van der Waals surface area (Å²) < 4.78 is 0. The van der Waals surface area contributed by atoms with Crippen molar-refractivity contribution in [3.8, 4) is 0 Å². The van der Waals surface area contributed by atoms with Crippen molar-refractivity contribution in [1.82, 2.24) is 10.3 Å². The predicted molar refractivity (Wildman–Crippen MR) is 95.2 cm³/mol. The highest BCUT2D eigenvalue weighted by atomic mass is 35.5. The van der Waals surface area contributed by atoms with E-state index in [1.807, 2.05) is 6.92 Å². The van der Waals surface area contributed by atoms with Gasteiger partial charge >= 0.3 is 0 Å². The summed E-state index contributed by atoms with van der Waals surface area (Å²) in [6.07, 6.45) is 1.52. The van der Waals surface area contributed by atoms with Crippen molar-refractivity contribution in [2.45, 2.75) is 12.5 Å². The van der Waals surface area contributed by atoms with Crippen LogP contribution in [0.5, 0.6) is 0 Å². The number of carbonyl (C=O) groups excluding carboxylic acids is 1. The van der Waals surface area contributed by atoms with E-state index in [2.05, 4.69) is 15.6 Å². The maximum atomic E-state index is 12.5. The minimum absolute atomic E-state index is 0.196. The summed E-state index contributed by atoms with van der Waals surface area (Å²) in [7, 11) is 0. The SMILES string of the molecule is Cc1c(Cl)cccc1Nc1ncccc1C(=O)NC(CO)(CO)CO. The van der Waals surface area contributed by atoms with E-state index in [9.17, 15) is 20.1 Å². The highest BCUT2D eigenvalue weighted by Crippen LogP contribution is 2.26. The molecule has 0 radical (unpaired) electrons. The number of benzene rings is 1. The minimum Gasteiger partial charge on any atom is -0.394 e. The lowest BCUT2D eigenvalue weighted by atomic mass is 10.0. The van der Waals surface area contributed by atoms with Crippen LogP contribution in [0.25, 0.3) is 0 Å².